The summed E-state index contributed by atoms with van der Waals surface area (Å²) in [4.78, 5) is 0. The second-order valence-electron chi connectivity index (χ2n) is 3.73. The Morgan fingerprint density at radius 3 is 2.65 bits per heavy atom. The Kier molecular flexibility index (Phi) is 4.56. The van der Waals surface area contributed by atoms with E-state index in [1.807, 2.05) is 36.0 Å². The van der Waals surface area contributed by atoms with E-state index in [0.29, 0.717) is 0 Å². The molecule has 1 aromatic carbocycles. The van der Waals surface area contributed by atoms with Crippen molar-refractivity contribution in [1.29, 1.82) is 0 Å². The fourth-order valence-electron chi connectivity index (χ4n) is 1.55. The lowest BCUT2D eigenvalue weighted by molar-refractivity contribution is 0.414. The van der Waals surface area contributed by atoms with Crippen molar-refractivity contribution in [3.63, 3.8) is 0 Å². The first-order chi connectivity index (χ1) is 8.38. The molecule has 1 aromatic heterocycles. The average Bonchev–Trinajstić information content (AvgIpc) is 2.88. The molecule has 2 nitrogen and oxygen atoms in total. The van der Waals surface area contributed by atoms with Gasteiger partial charge in [0.1, 0.15) is 11.5 Å². The Labute approximate surface area is 106 Å². The molecule has 0 radical (unpaired) electrons. The van der Waals surface area contributed by atoms with Crippen LogP contribution in [0.1, 0.15) is 11.3 Å². The maximum Gasteiger partial charge on any atom is 0.118 e. The minimum atomic E-state index is 0.914. The Balaban J connectivity index is 1.70. The van der Waals surface area contributed by atoms with Crippen LogP contribution in [0.5, 0.6) is 5.75 Å². The zero-order chi connectivity index (χ0) is 11.9. The first-order valence-electron chi connectivity index (χ1n) is 5.61. The second-order valence-corrected chi connectivity index (χ2v) is 4.84. The molecular weight excluding hydrogens is 232 g/mol. The SMILES string of the molecule is COc1ccc(CCSCc2ccco2)cc1. The van der Waals surface area contributed by atoms with Crippen molar-refractivity contribution >= 4 is 11.8 Å². The predicted octanol–water partition coefficient (Wildman–Crippen LogP) is 3.76. The number of hydrogen-bond donors (Lipinski definition) is 0. The van der Waals surface area contributed by atoms with Gasteiger partial charge < -0.3 is 9.15 Å². The number of hydrogen-bond acceptors (Lipinski definition) is 3. The topological polar surface area (TPSA) is 22.4 Å². The molecule has 0 aliphatic heterocycles. The summed E-state index contributed by atoms with van der Waals surface area (Å²) in [6, 6.07) is 12.2. The summed E-state index contributed by atoms with van der Waals surface area (Å²) < 4.78 is 10.4. The van der Waals surface area contributed by atoms with Gasteiger partial charge in [0.15, 0.2) is 0 Å². The van der Waals surface area contributed by atoms with Crippen LogP contribution in [0.25, 0.3) is 0 Å². The Bertz CT molecular complexity index is 420. The zero-order valence-electron chi connectivity index (χ0n) is 9.89. The second kappa shape index (κ2) is 6.40. The Morgan fingerprint density at radius 2 is 2.00 bits per heavy atom. The first kappa shape index (κ1) is 12.1. The molecule has 0 saturated carbocycles. The molecule has 17 heavy (non-hydrogen) atoms. The van der Waals surface area contributed by atoms with E-state index in [1.165, 1.54) is 5.56 Å². The van der Waals surface area contributed by atoms with Crippen LogP contribution in [0.3, 0.4) is 0 Å². The molecule has 0 amide bonds. The lowest BCUT2D eigenvalue weighted by Crippen LogP contribution is -1.90. The third kappa shape index (κ3) is 3.86. The number of thioether (sulfide) groups is 1. The molecule has 0 aliphatic rings. The predicted molar refractivity (Wildman–Crippen MR) is 71.6 cm³/mol. The van der Waals surface area contributed by atoms with Crippen molar-refractivity contribution < 1.29 is 9.15 Å². The quantitative estimate of drug-likeness (QED) is 0.727. The van der Waals surface area contributed by atoms with Crippen molar-refractivity contribution in [2.75, 3.05) is 12.9 Å². The third-order valence-electron chi connectivity index (χ3n) is 2.52. The molecule has 0 unspecified atom stereocenters. The molecular formula is C14H16O2S. The molecule has 0 N–H and O–H groups in total. The van der Waals surface area contributed by atoms with Gasteiger partial charge in [-0.1, -0.05) is 12.1 Å². The number of rotatable bonds is 6. The first-order valence-corrected chi connectivity index (χ1v) is 6.77. The largest absolute Gasteiger partial charge is 0.497 e. The zero-order valence-corrected chi connectivity index (χ0v) is 10.7. The van der Waals surface area contributed by atoms with Gasteiger partial charge in [-0.3, -0.25) is 0 Å². The summed E-state index contributed by atoms with van der Waals surface area (Å²) in [5.41, 5.74) is 1.35. The van der Waals surface area contributed by atoms with Gasteiger partial charge in [-0.15, -0.1) is 0 Å². The molecule has 0 fully saturated rings. The Morgan fingerprint density at radius 1 is 1.18 bits per heavy atom. The number of aryl methyl sites for hydroxylation is 1. The molecule has 0 atom stereocenters. The number of ether oxygens (including phenoxy) is 1. The highest BCUT2D eigenvalue weighted by Crippen LogP contribution is 2.16. The van der Waals surface area contributed by atoms with Gasteiger partial charge in [0.25, 0.3) is 0 Å². The number of benzene rings is 1. The fraction of sp³-hybridized carbons (Fsp3) is 0.286. The average molecular weight is 248 g/mol. The summed E-state index contributed by atoms with van der Waals surface area (Å²) >= 11 is 1.89. The minimum absolute atomic E-state index is 0.914. The highest BCUT2D eigenvalue weighted by atomic mass is 32.2. The number of furan rings is 1. The third-order valence-corrected chi connectivity index (χ3v) is 3.50. The van der Waals surface area contributed by atoms with Crippen LogP contribution in [-0.4, -0.2) is 12.9 Å². The maximum absolute atomic E-state index is 5.28. The molecule has 0 spiro atoms. The van der Waals surface area contributed by atoms with Crippen LogP contribution in [0.15, 0.2) is 47.1 Å². The van der Waals surface area contributed by atoms with E-state index in [0.717, 1.165) is 29.4 Å². The highest BCUT2D eigenvalue weighted by Gasteiger charge is 1.98. The van der Waals surface area contributed by atoms with Crippen LogP contribution >= 0.6 is 11.8 Å². The van der Waals surface area contributed by atoms with E-state index in [9.17, 15) is 0 Å². The maximum atomic E-state index is 5.28. The standard InChI is InChI=1S/C14H16O2S/c1-15-13-6-4-12(5-7-13)8-10-17-11-14-3-2-9-16-14/h2-7,9H,8,10-11H2,1H3. The van der Waals surface area contributed by atoms with Crippen LogP contribution in [0, 0.1) is 0 Å². The van der Waals surface area contributed by atoms with Crippen molar-refractivity contribution in [3.8, 4) is 5.75 Å². The van der Waals surface area contributed by atoms with E-state index < -0.39 is 0 Å². The molecule has 2 rings (SSSR count). The van der Waals surface area contributed by atoms with E-state index in [2.05, 4.69) is 12.1 Å². The smallest absolute Gasteiger partial charge is 0.118 e. The Hall–Kier alpha value is -1.35. The van der Waals surface area contributed by atoms with Crippen LogP contribution in [-0.2, 0) is 12.2 Å². The van der Waals surface area contributed by atoms with Crippen LogP contribution in [0.2, 0.25) is 0 Å². The normalized spacial score (nSPS) is 10.4. The highest BCUT2D eigenvalue weighted by molar-refractivity contribution is 7.98. The van der Waals surface area contributed by atoms with Gasteiger partial charge in [-0.05, 0) is 42.0 Å². The molecule has 0 aliphatic carbocycles. The molecule has 0 bridgehead atoms. The van der Waals surface area contributed by atoms with Crippen molar-refractivity contribution in [1.82, 2.24) is 0 Å². The lowest BCUT2D eigenvalue weighted by atomic mass is 10.2. The van der Waals surface area contributed by atoms with Gasteiger partial charge >= 0.3 is 0 Å². The van der Waals surface area contributed by atoms with Gasteiger partial charge in [0.2, 0.25) is 0 Å². The summed E-state index contributed by atoms with van der Waals surface area (Å²) in [6.45, 7) is 0. The van der Waals surface area contributed by atoms with Gasteiger partial charge in [-0.2, -0.15) is 11.8 Å². The van der Waals surface area contributed by atoms with Crippen LogP contribution in [0.4, 0.5) is 0 Å². The summed E-state index contributed by atoms with van der Waals surface area (Å²) in [5, 5.41) is 0. The van der Waals surface area contributed by atoms with E-state index >= 15 is 0 Å². The molecule has 90 valence electrons. The fourth-order valence-corrected chi connectivity index (χ4v) is 2.44. The molecule has 2 aromatic rings. The van der Waals surface area contributed by atoms with Crippen molar-refractivity contribution in [3.05, 3.63) is 54.0 Å². The lowest BCUT2D eigenvalue weighted by Gasteiger charge is -2.03. The summed E-state index contributed by atoms with van der Waals surface area (Å²) in [5.74, 6) is 4.01. The van der Waals surface area contributed by atoms with Gasteiger partial charge in [0, 0.05) is 0 Å². The van der Waals surface area contributed by atoms with E-state index in [-0.39, 0.29) is 0 Å². The summed E-state index contributed by atoms with van der Waals surface area (Å²) in [7, 11) is 1.69. The van der Waals surface area contributed by atoms with Gasteiger partial charge in [-0.25, -0.2) is 0 Å². The van der Waals surface area contributed by atoms with E-state index in [4.69, 9.17) is 9.15 Å². The summed E-state index contributed by atoms with van der Waals surface area (Å²) in [6.07, 6.45) is 2.80. The molecule has 1 heterocycles. The number of methoxy groups -OCH3 is 1. The molecule has 3 heteroatoms. The van der Waals surface area contributed by atoms with E-state index in [1.54, 1.807) is 13.4 Å². The van der Waals surface area contributed by atoms with Crippen molar-refractivity contribution in [2.24, 2.45) is 0 Å². The minimum Gasteiger partial charge on any atom is -0.497 e. The molecule has 0 saturated heterocycles. The monoisotopic (exact) mass is 248 g/mol. The van der Waals surface area contributed by atoms with Gasteiger partial charge in [0.05, 0.1) is 19.1 Å². The van der Waals surface area contributed by atoms with Crippen molar-refractivity contribution in [2.45, 2.75) is 12.2 Å². The van der Waals surface area contributed by atoms with Crippen LogP contribution < -0.4 is 4.74 Å².